The number of nitrogens with one attached hydrogen (secondary N) is 1. The maximum atomic E-state index is 11.9. The number of benzene rings is 1. The third-order valence-corrected chi connectivity index (χ3v) is 4.24. The second-order valence-electron chi connectivity index (χ2n) is 3.94. The van der Waals surface area contributed by atoms with Gasteiger partial charge in [0.05, 0.1) is 17.9 Å². The van der Waals surface area contributed by atoms with Crippen LogP contribution in [0.1, 0.15) is 31.9 Å². The van der Waals surface area contributed by atoms with Crippen molar-refractivity contribution in [3.8, 4) is 6.07 Å². The van der Waals surface area contributed by atoms with Gasteiger partial charge in [-0.05, 0) is 19.4 Å². The normalized spacial score (nSPS) is 14.6. The van der Waals surface area contributed by atoms with E-state index in [0.717, 1.165) is 0 Å². The maximum absolute atomic E-state index is 11.9. The van der Waals surface area contributed by atoms with Crippen molar-refractivity contribution in [3.05, 3.63) is 29.8 Å². The zero-order valence-corrected chi connectivity index (χ0v) is 11.1. The Bertz CT molecular complexity index is 547. The molecule has 0 aliphatic carbocycles. The van der Waals surface area contributed by atoms with Gasteiger partial charge in [-0.25, -0.2) is 8.42 Å². The zero-order chi connectivity index (χ0) is 13.8. The first-order valence-electron chi connectivity index (χ1n) is 5.60. The number of nitrogens with zero attached hydrogens (tertiary/aromatic N) is 1. The Morgan fingerprint density at radius 3 is 2.56 bits per heavy atom. The monoisotopic (exact) mass is 268 g/mol. The Morgan fingerprint density at radius 1 is 1.44 bits per heavy atom. The Labute approximate surface area is 107 Å². The number of rotatable bonds is 5. The van der Waals surface area contributed by atoms with Crippen LogP contribution in [0, 0.1) is 11.3 Å². The highest BCUT2D eigenvalue weighted by Crippen LogP contribution is 2.24. The molecule has 1 rings (SSSR count). The van der Waals surface area contributed by atoms with Gasteiger partial charge in [0.1, 0.15) is 0 Å². The molecule has 0 heterocycles. The molecule has 98 valence electrons. The molecule has 1 aromatic carbocycles. The van der Waals surface area contributed by atoms with Gasteiger partial charge in [-0.1, -0.05) is 25.1 Å². The molecule has 0 aliphatic rings. The molecule has 0 aliphatic heterocycles. The first-order valence-corrected chi connectivity index (χ1v) is 7.15. The average Bonchev–Trinajstić information content (AvgIpc) is 2.29. The molecule has 0 fully saturated rings. The fraction of sp³-hybridized carbons (Fsp3) is 0.417. The maximum Gasteiger partial charge on any atom is 0.249 e. The van der Waals surface area contributed by atoms with Crippen molar-refractivity contribution in [2.45, 2.75) is 31.6 Å². The molecular formula is C12H16N2O3S. The largest absolute Gasteiger partial charge is 0.389 e. The van der Waals surface area contributed by atoms with Crippen molar-refractivity contribution in [2.24, 2.45) is 0 Å². The molecule has 0 amide bonds. The molecule has 0 saturated carbocycles. The van der Waals surface area contributed by atoms with Gasteiger partial charge < -0.3 is 5.11 Å². The van der Waals surface area contributed by atoms with Gasteiger partial charge in [0.25, 0.3) is 0 Å². The molecular weight excluding hydrogens is 252 g/mol. The quantitative estimate of drug-likeness (QED) is 0.851. The van der Waals surface area contributed by atoms with Crippen LogP contribution < -0.4 is 4.72 Å². The van der Waals surface area contributed by atoms with Crippen LogP contribution in [0.4, 0.5) is 5.69 Å². The van der Waals surface area contributed by atoms with Gasteiger partial charge in [0, 0.05) is 5.56 Å². The molecule has 0 bridgehead atoms. The highest BCUT2D eigenvalue weighted by Gasteiger charge is 2.24. The highest BCUT2D eigenvalue weighted by molar-refractivity contribution is 7.93. The summed E-state index contributed by atoms with van der Waals surface area (Å²) in [4.78, 5) is 0. The summed E-state index contributed by atoms with van der Waals surface area (Å²) in [5.74, 6) is 0. The van der Waals surface area contributed by atoms with E-state index in [1.807, 2.05) is 0 Å². The van der Waals surface area contributed by atoms with Gasteiger partial charge in [0.15, 0.2) is 5.25 Å². The van der Waals surface area contributed by atoms with Crippen LogP contribution in [0.3, 0.4) is 0 Å². The van der Waals surface area contributed by atoms with Crippen molar-refractivity contribution in [1.82, 2.24) is 0 Å². The summed E-state index contributed by atoms with van der Waals surface area (Å²) in [5, 5.41) is 17.3. The molecule has 6 heteroatoms. The van der Waals surface area contributed by atoms with Gasteiger partial charge >= 0.3 is 0 Å². The minimum absolute atomic E-state index is 0.211. The highest BCUT2D eigenvalue weighted by atomic mass is 32.2. The van der Waals surface area contributed by atoms with Crippen molar-refractivity contribution in [1.29, 1.82) is 5.26 Å². The minimum atomic E-state index is -3.75. The third kappa shape index (κ3) is 3.22. The Balaban J connectivity index is 3.09. The average molecular weight is 268 g/mol. The van der Waals surface area contributed by atoms with Crippen LogP contribution in [0.2, 0.25) is 0 Å². The molecule has 18 heavy (non-hydrogen) atoms. The van der Waals surface area contributed by atoms with Gasteiger partial charge in [-0.15, -0.1) is 0 Å². The van der Waals surface area contributed by atoms with E-state index < -0.39 is 21.4 Å². The summed E-state index contributed by atoms with van der Waals surface area (Å²) in [6, 6.07) is 8.32. The number of nitriles is 1. The van der Waals surface area contributed by atoms with E-state index in [1.165, 1.54) is 0 Å². The van der Waals surface area contributed by atoms with E-state index in [1.54, 1.807) is 44.2 Å². The molecule has 0 aromatic heterocycles. The van der Waals surface area contributed by atoms with Crippen LogP contribution in [0.25, 0.3) is 0 Å². The summed E-state index contributed by atoms with van der Waals surface area (Å²) < 4.78 is 26.2. The predicted molar refractivity (Wildman–Crippen MR) is 69.3 cm³/mol. The second-order valence-corrected chi connectivity index (χ2v) is 5.80. The van der Waals surface area contributed by atoms with Crippen LogP contribution >= 0.6 is 0 Å². The molecule has 2 N–H and O–H groups in total. The van der Waals surface area contributed by atoms with E-state index in [9.17, 15) is 13.5 Å². The van der Waals surface area contributed by atoms with Crippen LogP contribution in [0.5, 0.6) is 0 Å². The number of hydrogen-bond acceptors (Lipinski definition) is 4. The van der Waals surface area contributed by atoms with Crippen LogP contribution in [-0.4, -0.2) is 18.8 Å². The van der Waals surface area contributed by atoms with Gasteiger partial charge in [-0.3, -0.25) is 4.72 Å². The first kappa shape index (κ1) is 14.5. The Kier molecular flexibility index (Phi) is 4.70. The van der Waals surface area contributed by atoms with E-state index in [2.05, 4.69) is 4.72 Å². The van der Waals surface area contributed by atoms with E-state index in [4.69, 9.17) is 5.26 Å². The number of para-hydroxylation sites is 1. The molecule has 0 radical (unpaired) electrons. The lowest BCUT2D eigenvalue weighted by Gasteiger charge is -2.15. The number of aliphatic hydroxyl groups is 1. The van der Waals surface area contributed by atoms with Gasteiger partial charge in [-0.2, -0.15) is 5.26 Å². The van der Waals surface area contributed by atoms with E-state index in [-0.39, 0.29) is 6.42 Å². The molecule has 0 spiro atoms. The number of anilines is 1. The molecule has 0 saturated heterocycles. The Morgan fingerprint density at radius 2 is 2.06 bits per heavy atom. The standard InChI is InChI=1S/C12H16N2O3S/c1-3-10(8-13)18(16,17)14-12-7-5-4-6-11(12)9(2)15/h4-7,9-10,14-15H,3H2,1-2H3. The lowest BCUT2D eigenvalue weighted by molar-refractivity contribution is 0.200. The molecule has 1 aromatic rings. The molecule has 2 unspecified atom stereocenters. The molecule has 2 atom stereocenters. The fourth-order valence-corrected chi connectivity index (χ4v) is 2.77. The van der Waals surface area contributed by atoms with Crippen LogP contribution in [-0.2, 0) is 10.0 Å². The topological polar surface area (TPSA) is 90.2 Å². The van der Waals surface area contributed by atoms with Crippen molar-refractivity contribution in [2.75, 3.05) is 4.72 Å². The van der Waals surface area contributed by atoms with Crippen molar-refractivity contribution < 1.29 is 13.5 Å². The second kappa shape index (κ2) is 5.85. The van der Waals surface area contributed by atoms with E-state index >= 15 is 0 Å². The number of sulfonamides is 1. The third-order valence-electron chi connectivity index (χ3n) is 2.55. The summed E-state index contributed by atoms with van der Waals surface area (Å²) in [5.41, 5.74) is 0.787. The lowest BCUT2D eigenvalue weighted by atomic mass is 10.1. The number of aliphatic hydroxyl groups excluding tert-OH is 1. The van der Waals surface area contributed by atoms with E-state index in [0.29, 0.717) is 11.3 Å². The van der Waals surface area contributed by atoms with Gasteiger partial charge in [0.2, 0.25) is 10.0 Å². The SMILES string of the molecule is CCC(C#N)S(=O)(=O)Nc1ccccc1C(C)O. The first-order chi connectivity index (χ1) is 8.42. The van der Waals surface area contributed by atoms with Crippen LogP contribution in [0.15, 0.2) is 24.3 Å². The summed E-state index contributed by atoms with van der Waals surface area (Å²) in [6.07, 6.45) is -0.575. The Hall–Kier alpha value is -1.58. The van der Waals surface area contributed by atoms with Crippen molar-refractivity contribution >= 4 is 15.7 Å². The summed E-state index contributed by atoms with van der Waals surface area (Å²) >= 11 is 0. The smallest absolute Gasteiger partial charge is 0.249 e. The van der Waals surface area contributed by atoms with Crippen molar-refractivity contribution in [3.63, 3.8) is 0 Å². The lowest BCUT2D eigenvalue weighted by Crippen LogP contribution is -2.26. The summed E-state index contributed by atoms with van der Waals surface area (Å²) in [6.45, 7) is 3.18. The minimum Gasteiger partial charge on any atom is -0.389 e. The number of hydrogen-bond donors (Lipinski definition) is 2. The predicted octanol–water partition coefficient (Wildman–Crippen LogP) is 1.78. The molecule has 5 nitrogen and oxygen atoms in total. The summed E-state index contributed by atoms with van der Waals surface area (Å²) in [7, 11) is -3.75. The fourth-order valence-electron chi connectivity index (χ4n) is 1.56. The zero-order valence-electron chi connectivity index (χ0n) is 10.3.